The van der Waals surface area contributed by atoms with Crippen molar-refractivity contribution in [1.82, 2.24) is 9.62 Å². The third-order valence-electron chi connectivity index (χ3n) is 6.75. The van der Waals surface area contributed by atoms with E-state index in [0.29, 0.717) is 37.4 Å². The fraction of sp³-hybridized carbons (Fsp3) is 0.652. The molecule has 2 aliphatic heterocycles. The first kappa shape index (κ1) is 29.0. The van der Waals surface area contributed by atoms with Gasteiger partial charge in [-0.2, -0.15) is 4.72 Å². The van der Waals surface area contributed by atoms with Crippen LogP contribution in [0.3, 0.4) is 0 Å². The van der Waals surface area contributed by atoms with Gasteiger partial charge in [0.1, 0.15) is 17.0 Å². The highest BCUT2D eigenvalue weighted by Crippen LogP contribution is 2.32. The summed E-state index contributed by atoms with van der Waals surface area (Å²) >= 11 is 0. The standard InChI is InChI=1S/C23H37N5O5S.H2O/c1-14-8-9-28(19(11-14)23(30)31)22(29)18(7-6-17(25)12-24)27-34(32,33)20-5-3-4-16-10-15(2)13-26-21(16)20;/h3-5,14-15,17-19,26-27H,6-13,24-25H2,1-2H3,(H,30,31);1H2/t14-,15?,17?,18+,19-;/m1./s1. The minimum Gasteiger partial charge on any atom is -0.480 e. The van der Waals surface area contributed by atoms with Crippen molar-refractivity contribution in [3.63, 3.8) is 0 Å². The lowest BCUT2D eigenvalue weighted by Crippen LogP contribution is -2.56. The van der Waals surface area contributed by atoms with Gasteiger partial charge in [-0.25, -0.2) is 13.2 Å². The van der Waals surface area contributed by atoms with Crippen LogP contribution in [-0.4, -0.2) is 73.5 Å². The van der Waals surface area contributed by atoms with Crippen LogP contribution in [-0.2, 0) is 26.0 Å². The van der Waals surface area contributed by atoms with E-state index in [1.807, 2.05) is 13.0 Å². The molecule has 12 heteroatoms. The number of carbonyl (C=O) groups is 2. The van der Waals surface area contributed by atoms with Gasteiger partial charge < -0.3 is 32.3 Å². The van der Waals surface area contributed by atoms with Crippen LogP contribution in [0.4, 0.5) is 5.69 Å². The van der Waals surface area contributed by atoms with E-state index < -0.39 is 40.0 Å². The second-order valence-corrected chi connectivity index (χ2v) is 11.4. The van der Waals surface area contributed by atoms with E-state index in [1.165, 1.54) is 11.0 Å². The lowest BCUT2D eigenvalue weighted by Gasteiger charge is -2.38. The Morgan fingerprint density at radius 3 is 2.63 bits per heavy atom. The Bertz CT molecular complexity index is 1000. The summed E-state index contributed by atoms with van der Waals surface area (Å²) in [6, 6.07) is 2.58. The van der Waals surface area contributed by atoms with E-state index in [2.05, 4.69) is 17.0 Å². The number of aliphatic carboxylic acids is 1. The van der Waals surface area contributed by atoms with Crippen LogP contribution in [0.5, 0.6) is 0 Å². The van der Waals surface area contributed by atoms with E-state index in [-0.39, 0.29) is 35.8 Å². The number of nitrogens with zero attached hydrogens (tertiary/aromatic N) is 1. The molecule has 0 spiro atoms. The van der Waals surface area contributed by atoms with E-state index in [0.717, 1.165) is 12.0 Å². The van der Waals surface area contributed by atoms with Crippen molar-refractivity contribution < 1.29 is 28.6 Å². The monoisotopic (exact) mass is 513 g/mol. The first-order chi connectivity index (χ1) is 16.0. The van der Waals surface area contributed by atoms with Crippen LogP contribution >= 0.6 is 0 Å². The van der Waals surface area contributed by atoms with Crippen molar-refractivity contribution in [2.45, 2.75) is 69.0 Å². The summed E-state index contributed by atoms with van der Waals surface area (Å²) in [5.74, 6) is -1.09. The fourth-order valence-corrected chi connectivity index (χ4v) is 6.17. The van der Waals surface area contributed by atoms with Gasteiger partial charge in [-0.15, -0.1) is 0 Å². The summed E-state index contributed by atoms with van der Waals surface area (Å²) in [6.45, 7) is 5.15. The predicted octanol–water partition coefficient (Wildman–Crippen LogP) is -0.109. The summed E-state index contributed by atoms with van der Waals surface area (Å²) in [6.07, 6.45) is 2.18. The van der Waals surface area contributed by atoms with Crippen molar-refractivity contribution in [3.8, 4) is 0 Å². The topological polar surface area (TPSA) is 199 Å². The molecular formula is C23H39N5O6S. The van der Waals surface area contributed by atoms with Crippen molar-refractivity contribution in [2.75, 3.05) is 25.0 Å². The SMILES string of the molecule is CC1CNc2c(cccc2S(=O)(=O)N[C@@H](CCC(N)CN)C(=O)N2CC[C@@H](C)C[C@@H]2C(=O)O)C1.O. The molecule has 1 amide bonds. The second kappa shape index (κ2) is 12.1. The normalized spacial score (nSPS) is 23.9. The number of nitrogens with one attached hydrogen (secondary N) is 2. The third kappa shape index (κ3) is 6.91. The minimum atomic E-state index is -4.08. The van der Waals surface area contributed by atoms with Crippen molar-refractivity contribution in [2.24, 2.45) is 23.3 Å². The number of piperidine rings is 1. The van der Waals surface area contributed by atoms with Crippen LogP contribution in [0.25, 0.3) is 0 Å². The number of sulfonamides is 1. The number of rotatable bonds is 9. The molecule has 198 valence electrons. The second-order valence-electron chi connectivity index (χ2n) is 9.74. The molecule has 11 nitrogen and oxygen atoms in total. The Labute approximate surface area is 207 Å². The van der Waals surface area contributed by atoms with E-state index in [9.17, 15) is 23.1 Å². The summed E-state index contributed by atoms with van der Waals surface area (Å²) in [7, 11) is -4.08. The maximum absolute atomic E-state index is 13.5. The predicted molar refractivity (Wildman–Crippen MR) is 133 cm³/mol. The van der Waals surface area contributed by atoms with E-state index in [1.54, 1.807) is 6.07 Å². The number of carbonyl (C=O) groups excluding carboxylic acids is 1. The highest BCUT2D eigenvalue weighted by atomic mass is 32.2. The highest BCUT2D eigenvalue weighted by molar-refractivity contribution is 7.89. The Morgan fingerprint density at radius 1 is 1.26 bits per heavy atom. The highest BCUT2D eigenvalue weighted by Gasteiger charge is 2.39. The lowest BCUT2D eigenvalue weighted by molar-refractivity contribution is -0.153. The number of hydrogen-bond donors (Lipinski definition) is 5. The van der Waals surface area contributed by atoms with Crippen molar-refractivity contribution in [1.29, 1.82) is 0 Å². The van der Waals surface area contributed by atoms with Crippen LogP contribution in [0.15, 0.2) is 23.1 Å². The van der Waals surface area contributed by atoms with Gasteiger partial charge in [0.05, 0.1) is 5.69 Å². The van der Waals surface area contributed by atoms with Crippen molar-refractivity contribution >= 4 is 27.6 Å². The molecule has 2 unspecified atom stereocenters. The molecule has 0 aromatic heterocycles. The van der Waals surface area contributed by atoms with Crippen LogP contribution in [0.1, 0.15) is 45.1 Å². The van der Waals surface area contributed by atoms with Gasteiger partial charge >= 0.3 is 5.97 Å². The van der Waals surface area contributed by atoms with E-state index in [4.69, 9.17) is 11.5 Å². The van der Waals surface area contributed by atoms with Gasteiger partial charge in [0.2, 0.25) is 15.9 Å². The van der Waals surface area contributed by atoms with Crippen LogP contribution < -0.4 is 21.5 Å². The fourth-order valence-electron chi connectivity index (χ4n) is 4.72. The molecule has 9 N–H and O–H groups in total. The van der Waals surface area contributed by atoms with Crippen molar-refractivity contribution in [3.05, 3.63) is 23.8 Å². The molecule has 0 bridgehead atoms. The summed E-state index contributed by atoms with van der Waals surface area (Å²) < 4.78 is 29.5. The Balaban J connectivity index is 0.00000432. The lowest BCUT2D eigenvalue weighted by atomic mass is 9.91. The number of nitrogens with two attached hydrogens (primary N) is 2. The number of para-hydroxylation sites is 1. The number of benzene rings is 1. The number of carboxylic acid groups (broad SMARTS) is 1. The molecule has 1 fully saturated rings. The first-order valence-corrected chi connectivity index (χ1v) is 13.4. The smallest absolute Gasteiger partial charge is 0.326 e. The average molecular weight is 514 g/mol. The van der Waals surface area contributed by atoms with Crippen LogP contribution in [0.2, 0.25) is 0 Å². The Hall–Kier alpha value is -2.25. The van der Waals surface area contributed by atoms with Gasteiger partial charge in [-0.1, -0.05) is 26.0 Å². The molecule has 1 aromatic rings. The number of anilines is 1. The quantitative estimate of drug-likeness (QED) is 0.301. The van der Waals surface area contributed by atoms with Crippen LogP contribution in [0, 0.1) is 11.8 Å². The largest absolute Gasteiger partial charge is 0.480 e. The van der Waals surface area contributed by atoms with E-state index >= 15 is 0 Å². The molecule has 0 aliphatic carbocycles. The molecule has 0 radical (unpaired) electrons. The Kier molecular flexibility index (Phi) is 10.0. The van der Waals surface area contributed by atoms with Gasteiger partial charge in [0, 0.05) is 25.7 Å². The van der Waals surface area contributed by atoms with Gasteiger partial charge in [-0.3, -0.25) is 4.79 Å². The zero-order valence-corrected chi connectivity index (χ0v) is 21.2. The number of carboxylic acids is 1. The zero-order chi connectivity index (χ0) is 25.0. The summed E-state index contributed by atoms with van der Waals surface area (Å²) in [5, 5.41) is 12.9. The molecule has 0 saturated carbocycles. The van der Waals surface area contributed by atoms with Gasteiger partial charge in [0.25, 0.3) is 0 Å². The molecule has 35 heavy (non-hydrogen) atoms. The Morgan fingerprint density at radius 2 is 1.97 bits per heavy atom. The number of amides is 1. The number of likely N-dealkylation sites (tertiary alicyclic amines) is 1. The molecule has 2 aliphatic rings. The summed E-state index contributed by atoms with van der Waals surface area (Å²) in [4.78, 5) is 26.8. The maximum atomic E-state index is 13.5. The molecule has 1 saturated heterocycles. The van der Waals surface area contributed by atoms with Gasteiger partial charge in [-0.05, 0) is 55.6 Å². The third-order valence-corrected chi connectivity index (χ3v) is 8.27. The average Bonchev–Trinajstić information content (AvgIpc) is 2.80. The van der Waals surface area contributed by atoms with Gasteiger partial charge in [0.15, 0.2) is 0 Å². The molecule has 1 aromatic carbocycles. The molecular weight excluding hydrogens is 474 g/mol. The summed E-state index contributed by atoms with van der Waals surface area (Å²) in [5.41, 5.74) is 13.0. The first-order valence-electron chi connectivity index (χ1n) is 11.9. The molecule has 5 atom stereocenters. The molecule has 2 heterocycles. The molecule has 3 rings (SSSR count). The zero-order valence-electron chi connectivity index (χ0n) is 20.4. The maximum Gasteiger partial charge on any atom is 0.326 e. The number of fused-ring (bicyclic) bond motifs is 1. The number of hydrogen-bond acceptors (Lipinski definition) is 7. The minimum absolute atomic E-state index is 0.